The zero-order valence-corrected chi connectivity index (χ0v) is 50.8. The molecule has 81 heavy (non-hydrogen) atoms. The Morgan fingerprint density at radius 1 is 0.704 bits per heavy atom. The summed E-state index contributed by atoms with van der Waals surface area (Å²) in [6.07, 6.45) is -25.2. The molecule has 5 aliphatic heterocycles. The topological polar surface area (TPSA) is 378 Å². The van der Waals surface area contributed by atoms with Crippen LogP contribution in [-0.2, 0) is 66.7 Å². The van der Waals surface area contributed by atoms with E-state index in [0.29, 0.717) is 18.8 Å². The number of esters is 1. The number of ether oxygens (including phenoxy) is 10. The molecule has 4 aliphatic carbocycles. The van der Waals surface area contributed by atoms with Gasteiger partial charge in [0.05, 0.1) is 38.1 Å². The van der Waals surface area contributed by atoms with Crippen LogP contribution in [0.5, 0.6) is 0 Å². The van der Waals surface area contributed by atoms with Gasteiger partial charge in [-0.25, -0.2) is 8.42 Å². The number of hydrogen-bond donors (Lipinski definition) is 10. The fraction of sp³-hybridized carbons (Fsp3) is 0.944. The molecular formula is C54H87NaO25S. The van der Waals surface area contributed by atoms with Crippen molar-refractivity contribution in [2.24, 2.45) is 45.3 Å². The first kappa shape index (κ1) is 66.3. The molecule has 28 atom stereocenters. The van der Waals surface area contributed by atoms with Crippen LogP contribution in [0.1, 0.15) is 113 Å². The van der Waals surface area contributed by atoms with Gasteiger partial charge in [0.15, 0.2) is 25.2 Å². The van der Waals surface area contributed by atoms with E-state index in [2.05, 4.69) is 45.7 Å². The second-order valence-corrected chi connectivity index (χ2v) is 26.9. The van der Waals surface area contributed by atoms with E-state index in [4.69, 9.17) is 47.4 Å². The first-order chi connectivity index (χ1) is 37.4. The summed E-state index contributed by atoms with van der Waals surface area (Å²) in [7, 11) is -4.24. The van der Waals surface area contributed by atoms with Crippen molar-refractivity contribution >= 4 is 16.4 Å². The summed E-state index contributed by atoms with van der Waals surface area (Å²) in [6.45, 7) is 14.1. The number of rotatable bonds is 17. The third kappa shape index (κ3) is 11.5. The van der Waals surface area contributed by atoms with Gasteiger partial charge < -0.3 is 103 Å². The number of aliphatic hydroxyl groups is 10. The predicted octanol–water partition coefficient (Wildman–Crippen LogP) is -3.85. The molecule has 5 saturated heterocycles. The molecule has 0 aromatic heterocycles. The molecule has 9 aliphatic rings. The molecule has 460 valence electrons. The monoisotopic (exact) mass is 1190 g/mol. The van der Waals surface area contributed by atoms with Gasteiger partial charge in [-0.05, 0) is 99.2 Å². The van der Waals surface area contributed by atoms with E-state index in [-0.39, 0.29) is 53.3 Å². The van der Waals surface area contributed by atoms with E-state index in [1.807, 2.05) is 13.0 Å². The van der Waals surface area contributed by atoms with Crippen molar-refractivity contribution in [3.05, 3.63) is 11.6 Å². The molecule has 0 aromatic carbocycles. The minimum Gasteiger partial charge on any atom is -0.726 e. The Balaban J connectivity index is 0.00000860. The van der Waals surface area contributed by atoms with Crippen LogP contribution in [0.25, 0.3) is 0 Å². The normalized spacial score (nSPS) is 50.6. The molecule has 3 saturated carbocycles. The van der Waals surface area contributed by atoms with Crippen LogP contribution >= 0.6 is 0 Å². The molecule has 0 bridgehead atoms. The molecule has 8 fully saturated rings. The largest absolute Gasteiger partial charge is 1.00 e. The minimum atomic E-state index is -5.42. The number of methoxy groups -OCH3 is 1. The van der Waals surface area contributed by atoms with Gasteiger partial charge in [0, 0.05) is 13.0 Å². The van der Waals surface area contributed by atoms with Gasteiger partial charge >= 0.3 is 35.5 Å². The van der Waals surface area contributed by atoms with Crippen molar-refractivity contribution in [1.29, 1.82) is 0 Å². The standard InChI is InChI=1S/C54H88O25S.Na/c1-23(2)11-10-16-53(8)31-14-18-52(7)25-12-13-30-50(4,5)33(15-17-51(30,6)26(25)19-32(57)54(31,52)49(65)78-53)74-48-44(36(60)29(22-70-48)79-80(66,67)68)77-45-38(62)37(61)41(24(3)71-45)75-47-40(64)43(35(59)28(21-56)73-47)76-46-39(63)42(69-9)34(58)27(20-55)72-46;/h19,23-25,27-48,55-64H,10-18,20-22H2,1-9H3,(H,66,67,68);/q;+1/p-1/t24-,25-,27-,28-,29-,30+,31-,32+,33+,34-,35-,36+,37-,38-,39-,40-,41-,42+,43+,44-,45+,46+,47+,48+,51-,52+,53+,54-;/m1./s1. The molecule has 1 spiro atoms. The van der Waals surface area contributed by atoms with Crippen LogP contribution in [0.15, 0.2) is 11.6 Å². The summed E-state index contributed by atoms with van der Waals surface area (Å²) in [5, 5.41) is 112. The van der Waals surface area contributed by atoms with Crippen molar-refractivity contribution in [2.45, 2.75) is 248 Å². The Labute approximate surface area is 495 Å². The van der Waals surface area contributed by atoms with Gasteiger partial charge in [-0.2, -0.15) is 0 Å². The molecule has 9 rings (SSSR count). The van der Waals surface area contributed by atoms with Gasteiger partial charge in [0.2, 0.25) is 10.4 Å². The second-order valence-electron chi connectivity index (χ2n) is 25.9. The number of allylic oxidation sites excluding steroid dienone is 1. The third-order valence-electron chi connectivity index (χ3n) is 20.6. The Bertz CT molecular complexity index is 2340. The van der Waals surface area contributed by atoms with Crippen molar-refractivity contribution < 1.29 is 150 Å². The molecule has 5 heterocycles. The summed E-state index contributed by atoms with van der Waals surface area (Å²) >= 11 is 0. The van der Waals surface area contributed by atoms with Gasteiger partial charge in [-0.3, -0.25) is 8.98 Å². The van der Waals surface area contributed by atoms with Crippen LogP contribution in [0.4, 0.5) is 0 Å². The van der Waals surface area contributed by atoms with Gasteiger partial charge in [0.25, 0.3) is 0 Å². The van der Waals surface area contributed by atoms with Crippen LogP contribution in [0, 0.1) is 45.3 Å². The number of hydrogen-bond acceptors (Lipinski definition) is 25. The van der Waals surface area contributed by atoms with Crippen LogP contribution in [0.2, 0.25) is 0 Å². The summed E-state index contributed by atoms with van der Waals surface area (Å²) in [5.41, 5.74) is -2.29. The van der Waals surface area contributed by atoms with E-state index in [1.54, 1.807) is 0 Å². The third-order valence-corrected chi connectivity index (χ3v) is 21.1. The van der Waals surface area contributed by atoms with E-state index < -0.39 is 186 Å². The smallest absolute Gasteiger partial charge is 0.726 e. The Morgan fingerprint density at radius 3 is 1.90 bits per heavy atom. The molecular weight excluding hydrogens is 1100 g/mol. The van der Waals surface area contributed by atoms with Gasteiger partial charge in [-0.15, -0.1) is 0 Å². The molecule has 25 nitrogen and oxygen atoms in total. The van der Waals surface area contributed by atoms with E-state index in [0.717, 1.165) is 50.5 Å². The van der Waals surface area contributed by atoms with Crippen LogP contribution in [0.3, 0.4) is 0 Å². The molecule has 10 N–H and O–H groups in total. The maximum Gasteiger partial charge on any atom is 1.00 e. The predicted molar refractivity (Wildman–Crippen MR) is 270 cm³/mol. The fourth-order valence-corrected chi connectivity index (χ4v) is 16.9. The number of fused-ring (bicyclic) bond motifs is 4. The van der Waals surface area contributed by atoms with Crippen molar-refractivity contribution in [2.75, 3.05) is 26.9 Å². The zero-order valence-electron chi connectivity index (χ0n) is 48.0. The summed E-state index contributed by atoms with van der Waals surface area (Å²) in [6, 6.07) is 0. The van der Waals surface area contributed by atoms with Crippen LogP contribution in [-0.4, -0.2) is 231 Å². The first-order valence-corrected chi connectivity index (χ1v) is 29.8. The van der Waals surface area contributed by atoms with Crippen LogP contribution < -0.4 is 29.6 Å². The quantitative estimate of drug-likeness (QED) is 0.0166. The van der Waals surface area contributed by atoms with E-state index >= 15 is 0 Å². The minimum absolute atomic E-state index is 0. The molecule has 0 radical (unpaired) electrons. The summed E-state index contributed by atoms with van der Waals surface area (Å²) in [4.78, 5) is 14.4. The summed E-state index contributed by atoms with van der Waals surface area (Å²) < 4.78 is 99.9. The molecule has 0 aromatic rings. The Morgan fingerprint density at radius 2 is 1.30 bits per heavy atom. The Kier molecular flexibility index (Phi) is 20.2. The van der Waals surface area contributed by atoms with E-state index in [1.165, 1.54) is 14.0 Å². The van der Waals surface area contributed by atoms with E-state index in [9.17, 15) is 68.8 Å². The summed E-state index contributed by atoms with van der Waals surface area (Å²) in [5.74, 6) is 0.0200. The molecule has 0 unspecified atom stereocenters. The maximum absolute atomic E-state index is 14.4. The second kappa shape index (κ2) is 24.7. The number of aliphatic hydroxyl groups excluding tert-OH is 10. The van der Waals surface area contributed by atoms with Gasteiger partial charge in [0.1, 0.15) is 96.5 Å². The molecule has 0 amide bonds. The maximum atomic E-state index is 14.4. The van der Waals surface area contributed by atoms with Crippen molar-refractivity contribution in [1.82, 2.24) is 0 Å². The average Bonchev–Trinajstić information content (AvgIpc) is 2.10. The number of cyclic esters (lactones) is 1. The first-order valence-electron chi connectivity index (χ1n) is 28.4. The van der Waals surface area contributed by atoms with Gasteiger partial charge in [-0.1, -0.05) is 59.6 Å². The fourth-order valence-electron chi connectivity index (χ4n) is 16.4. The number of carbonyl (C=O) groups is 1. The number of carbonyl (C=O) groups excluding carboxylic acids is 1. The zero-order chi connectivity index (χ0) is 58.6. The van der Waals surface area contributed by atoms with Crippen molar-refractivity contribution in [3.8, 4) is 0 Å². The SMILES string of the molecule is CO[C@@H]1[C@@H](O)[C@H](O[C@@H]2[C@@H](O)[C@H](O[C@H]3[C@H](O)[C@@H](O)[C@H](O[C@H]4[C@H](O[C@H]5CC[C@]6(C)C7=C[C@H](O)[C@@]89C(=O)O[C@@](C)(CCCC(C)C)[C@H]8CC[C@@]9(C)[C@@H]7CC[C@H]6C5(C)C)OC[C@@H](OS(=O)(=O)[O-])[C@@H]4O)O[C@@H]3C)O[C@H](CO)[C@H]2O)O[C@H](CO)[C@H]1O.[Na+]. The molecule has 27 heteroatoms. The average molecular weight is 1190 g/mol. The Hall–Kier alpha value is -0.680. The van der Waals surface area contributed by atoms with Crippen molar-refractivity contribution in [3.63, 3.8) is 0 Å².